The van der Waals surface area contributed by atoms with Crippen molar-refractivity contribution in [2.45, 2.75) is 38.4 Å². The van der Waals surface area contributed by atoms with Crippen molar-refractivity contribution in [2.24, 2.45) is 4.99 Å². The number of hydrogen-bond acceptors (Lipinski definition) is 6. The molecule has 0 radical (unpaired) electrons. The molecular weight excluding hydrogens is 410 g/mol. The third-order valence-corrected chi connectivity index (χ3v) is 6.46. The van der Waals surface area contributed by atoms with E-state index in [0.717, 1.165) is 35.3 Å². The maximum atomic E-state index is 13.7. The number of pyridine rings is 1. The highest BCUT2D eigenvalue weighted by Gasteiger charge is 2.30. The van der Waals surface area contributed by atoms with Crippen LogP contribution < -0.4 is 16.2 Å². The molecule has 0 aliphatic carbocycles. The summed E-state index contributed by atoms with van der Waals surface area (Å²) in [6.07, 6.45) is 0.591. The summed E-state index contributed by atoms with van der Waals surface area (Å²) in [5.41, 5.74) is 3.58. The molecule has 3 N–H and O–H groups in total. The summed E-state index contributed by atoms with van der Waals surface area (Å²) >= 11 is 0. The number of aryl methyl sites for hydroxylation is 1. The zero-order valence-corrected chi connectivity index (χ0v) is 18.0. The first kappa shape index (κ1) is 20.6. The number of aliphatic imine (C=N–C) groups is 1. The molecule has 2 aromatic rings. The first-order valence-electron chi connectivity index (χ1n) is 11.0. The highest BCUT2D eigenvalue weighted by Crippen LogP contribution is 2.31. The van der Waals surface area contributed by atoms with Crippen LogP contribution in [0.4, 0.5) is 10.6 Å². The third-order valence-electron chi connectivity index (χ3n) is 6.46. The van der Waals surface area contributed by atoms with E-state index < -0.39 is 6.09 Å². The lowest BCUT2D eigenvalue weighted by Crippen LogP contribution is -2.44. The molecule has 2 saturated heterocycles. The van der Waals surface area contributed by atoms with E-state index in [-0.39, 0.29) is 17.6 Å². The summed E-state index contributed by atoms with van der Waals surface area (Å²) in [6.45, 7) is 4.50. The van der Waals surface area contributed by atoms with Crippen molar-refractivity contribution in [3.8, 4) is 11.1 Å². The molecular formula is C23H27N5O4. The van der Waals surface area contributed by atoms with E-state index in [2.05, 4.69) is 15.6 Å². The summed E-state index contributed by atoms with van der Waals surface area (Å²) < 4.78 is 7.43. The number of fused-ring (bicyclic) bond motifs is 1. The highest BCUT2D eigenvalue weighted by atomic mass is 16.5. The monoisotopic (exact) mass is 437 g/mol. The molecule has 2 atom stereocenters. The molecule has 5 rings (SSSR count). The zero-order chi connectivity index (χ0) is 22.2. The predicted octanol–water partition coefficient (Wildman–Crippen LogP) is 2.41. The van der Waals surface area contributed by atoms with E-state index in [1.54, 1.807) is 0 Å². The van der Waals surface area contributed by atoms with Gasteiger partial charge in [0.1, 0.15) is 5.82 Å². The van der Waals surface area contributed by atoms with E-state index in [1.807, 2.05) is 41.8 Å². The number of nitrogens with one attached hydrogen (secondary N) is 2. The van der Waals surface area contributed by atoms with Gasteiger partial charge in [0.15, 0.2) is 5.96 Å². The predicted molar refractivity (Wildman–Crippen MR) is 121 cm³/mol. The molecule has 4 heterocycles. The SMILES string of the molecule is Cc1ccccc1-c1cc2c(n(C3CCOC3)c1=O)NC(N[C@H]1CCN(C(=O)O)C1)=NC2. The van der Waals surface area contributed by atoms with Gasteiger partial charge < -0.3 is 25.4 Å². The van der Waals surface area contributed by atoms with Gasteiger partial charge in [-0.2, -0.15) is 0 Å². The van der Waals surface area contributed by atoms with Crippen LogP contribution in [0.15, 0.2) is 40.1 Å². The molecule has 0 spiro atoms. The van der Waals surface area contributed by atoms with Gasteiger partial charge in [0.05, 0.1) is 19.2 Å². The van der Waals surface area contributed by atoms with Gasteiger partial charge in [-0.1, -0.05) is 24.3 Å². The van der Waals surface area contributed by atoms with Crippen molar-refractivity contribution in [1.29, 1.82) is 0 Å². The molecule has 32 heavy (non-hydrogen) atoms. The van der Waals surface area contributed by atoms with Crippen molar-refractivity contribution in [2.75, 3.05) is 31.6 Å². The number of benzene rings is 1. The molecule has 1 aromatic carbocycles. The first-order valence-corrected chi connectivity index (χ1v) is 11.0. The number of carboxylic acid groups (broad SMARTS) is 1. The lowest BCUT2D eigenvalue weighted by molar-refractivity contribution is 0.155. The molecule has 1 aromatic heterocycles. The molecule has 168 valence electrons. The smallest absolute Gasteiger partial charge is 0.407 e. The average molecular weight is 438 g/mol. The number of amides is 1. The van der Waals surface area contributed by atoms with Crippen molar-refractivity contribution in [1.82, 2.24) is 14.8 Å². The largest absolute Gasteiger partial charge is 0.465 e. The Morgan fingerprint density at radius 1 is 1.28 bits per heavy atom. The number of nitrogens with zero attached hydrogens (tertiary/aromatic N) is 3. The average Bonchev–Trinajstić information content (AvgIpc) is 3.46. The van der Waals surface area contributed by atoms with Crippen LogP contribution in [-0.4, -0.2) is 59.0 Å². The molecule has 9 heteroatoms. The van der Waals surface area contributed by atoms with Crippen LogP contribution in [0, 0.1) is 6.92 Å². The van der Waals surface area contributed by atoms with Gasteiger partial charge >= 0.3 is 6.09 Å². The Balaban J connectivity index is 1.49. The van der Waals surface area contributed by atoms with Gasteiger partial charge in [-0.25, -0.2) is 9.79 Å². The Kier molecular flexibility index (Phi) is 5.34. The van der Waals surface area contributed by atoms with Gasteiger partial charge in [-0.05, 0) is 37.0 Å². The Labute approximate surface area is 185 Å². The van der Waals surface area contributed by atoms with Crippen LogP contribution >= 0.6 is 0 Å². The molecule has 9 nitrogen and oxygen atoms in total. The Morgan fingerprint density at radius 3 is 2.84 bits per heavy atom. The fraction of sp³-hybridized carbons (Fsp3) is 0.435. The van der Waals surface area contributed by atoms with Crippen LogP contribution in [0.3, 0.4) is 0 Å². The minimum Gasteiger partial charge on any atom is -0.465 e. The van der Waals surface area contributed by atoms with E-state index in [0.29, 0.717) is 44.4 Å². The lowest BCUT2D eigenvalue weighted by atomic mass is 9.99. The topological polar surface area (TPSA) is 108 Å². The van der Waals surface area contributed by atoms with Gasteiger partial charge in [-0.15, -0.1) is 0 Å². The Morgan fingerprint density at radius 2 is 2.12 bits per heavy atom. The first-order chi connectivity index (χ1) is 15.5. The maximum absolute atomic E-state index is 13.7. The molecule has 0 saturated carbocycles. The second kappa shape index (κ2) is 8.31. The number of ether oxygens (including phenoxy) is 1. The van der Waals surface area contributed by atoms with Crippen LogP contribution in [-0.2, 0) is 11.3 Å². The number of anilines is 1. The number of aromatic nitrogens is 1. The number of hydrogen-bond donors (Lipinski definition) is 3. The van der Waals surface area contributed by atoms with Crippen LogP contribution in [0.1, 0.15) is 30.0 Å². The van der Waals surface area contributed by atoms with Crippen molar-refractivity contribution >= 4 is 17.9 Å². The highest BCUT2D eigenvalue weighted by molar-refractivity contribution is 5.95. The van der Waals surface area contributed by atoms with E-state index in [4.69, 9.17) is 4.74 Å². The molecule has 2 fully saturated rings. The molecule has 3 aliphatic heterocycles. The van der Waals surface area contributed by atoms with Crippen molar-refractivity contribution in [3.05, 3.63) is 51.8 Å². The zero-order valence-electron chi connectivity index (χ0n) is 18.0. The summed E-state index contributed by atoms with van der Waals surface area (Å²) in [4.78, 5) is 30.9. The van der Waals surface area contributed by atoms with E-state index in [9.17, 15) is 14.7 Å². The maximum Gasteiger partial charge on any atom is 0.407 e. The Hall–Kier alpha value is -3.33. The fourth-order valence-corrected chi connectivity index (χ4v) is 4.74. The fourth-order valence-electron chi connectivity index (χ4n) is 4.74. The minimum absolute atomic E-state index is 0.0138. The summed E-state index contributed by atoms with van der Waals surface area (Å²) in [7, 11) is 0. The van der Waals surface area contributed by atoms with Crippen LogP contribution in [0.5, 0.6) is 0 Å². The van der Waals surface area contributed by atoms with Gasteiger partial charge in [0.25, 0.3) is 5.56 Å². The molecule has 1 unspecified atom stereocenters. The number of rotatable bonds is 3. The van der Waals surface area contributed by atoms with Crippen LogP contribution in [0.2, 0.25) is 0 Å². The third kappa shape index (κ3) is 3.73. The van der Waals surface area contributed by atoms with Gasteiger partial charge in [0, 0.05) is 36.9 Å². The number of likely N-dealkylation sites (tertiary alicyclic amines) is 1. The molecule has 1 amide bonds. The molecule has 0 bridgehead atoms. The quantitative estimate of drug-likeness (QED) is 0.681. The second-order valence-corrected chi connectivity index (χ2v) is 8.59. The number of guanidine groups is 1. The van der Waals surface area contributed by atoms with Gasteiger partial charge in [0.2, 0.25) is 0 Å². The van der Waals surface area contributed by atoms with E-state index in [1.165, 1.54) is 4.90 Å². The Bertz CT molecular complexity index is 1140. The lowest BCUT2D eigenvalue weighted by Gasteiger charge is -2.28. The summed E-state index contributed by atoms with van der Waals surface area (Å²) in [6, 6.07) is 9.80. The van der Waals surface area contributed by atoms with Crippen molar-refractivity contribution < 1.29 is 14.6 Å². The van der Waals surface area contributed by atoms with Crippen LogP contribution in [0.25, 0.3) is 11.1 Å². The normalized spacial score (nSPS) is 22.3. The van der Waals surface area contributed by atoms with E-state index >= 15 is 0 Å². The molecule has 3 aliphatic rings. The summed E-state index contributed by atoms with van der Waals surface area (Å²) in [5.74, 6) is 1.32. The number of carbonyl (C=O) groups is 1. The minimum atomic E-state index is -0.906. The standard InChI is InChI=1S/C23H27N5O4/c1-14-4-2-3-5-18(14)19-10-15-11-24-22(25-16-6-8-27(12-16)23(30)31)26-20(15)28(21(19)29)17-7-9-32-13-17/h2-5,10,16-17H,6-9,11-13H2,1H3,(H,30,31)(H2,24,25,26)/t16-,17?/m0/s1. The second-order valence-electron chi connectivity index (χ2n) is 8.59. The summed E-state index contributed by atoms with van der Waals surface area (Å²) in [5, 5.41) is 15.8. The van der Waals surface area contributed by atoms with Gasteiger partial charge in [-0.3, -0.25) is 9.36 Å². The van der Waals surface area contributed by atoms with Crippen molar-refractivity contribution in [3.63, 3.8) is 0 Å².